The number of nitrogens with two attached hydrogens (primary N) is 1. The molecule has 0 spiro atoms. The van der Waals surface area contributed by atoms with Gasteiger partial charge >= 0.3 is 0 Å². The van der Waals surface area contributed by atoms with Crippen molar-refractivity contribution in [3.05, 3.63) is 23.9 Å². The van der Waals surface area contributed by atoms with Crippen molar-refractivity contribution in [3.8, 4) is 0 Å². The van der Waals surface area contributed by atoms with E-state index in [1.807, 2.05) is 6.07 Å². The molecule has 0 aliphatic heterocycles. The summed E-state index contributed by atoms with van der Waals surface area (Å²) < 4.78 is 0. The summed E-state index contributed by atoms with van der Waals surface area (Å²) >= 11 is 0. The molecule has 1 aliphatic rings. The number of nitrogens with one attached hydrogen (secondary N) is 1. The molecule has 1 aromatic rings. The first kappa shape index (κ1) is 10.4. The highest BCUT2D eigenvalue weighted by Crippen LogP contribution is 2.38. The van der Waals surface area contributed by atoms with E-state index in [4.69, 9.17) is 5.73 Å². The second-order valence-electron chi connectivity index (χ2n) is 4.27. The minimum absolute atomic E-state index is 0.385. The van der Waals surface area contributed by atoms with Crippen molar-refractivity contribution in [3.63, 3.8) is 0 Å². The van der Waals surface area contributed by atoms with E-state index < -0.39 is 0 Å². The molecule has 2 rings (SSSR count). The Kier molecular flexibility index (Phi) is 3.21. The minimum Gasteiger partial charge on any atom is -0.383 e. The first-order chi connectivity index (χ1) is 7.31. The average molecular weight is 205 g/mol. The predicted molar refractivity (Wildman–Crippen MR) is 62.4 cm³/mol. The van der Waals surface area contributed by atoms with Gasteiger partial charge in [-0.15, -0.1) is 0 Å². The molecule has 15 heavy (non-hydrogen) atoms. The van der Waals surface area contributed by atoms with Gasteiger partial charge in [0.05, 0.1) is 0 Å². The summed E-state index contributed by atoms with van der Waals surface area (Å²) in [6.07, 6.45) is 5.70. The molecule has 0 aromatic carbocycles. The Morgan fingerprint density at radius 2 is 2.40 bits per heavy atom. The number of nitrogen functional groups attached to an aromatic ring is 1. The number of anilines is 1. The third-order valence-corrected chi connectivity index (χ3v) is 2.96. The van der Waals surface area contributed by atoms with E-state index >= 15 is 0 Å². The number of nitrogens with zero attached hydrogens (tertiary/aromatic N) is 1. The summed E-state index contributed by atoms with van der Waals surface area (Å²) in [6, 6.07) is 4.43. The number of aromatic nitrogens is 1. The third-order valence-electron chi connectivity index (χ3n) is 2.96. The summed E-state index contributed by atoms with van der Waals surface area (Å²) in [5.74, 6) is 1.57. The first-order valence-corrected chi connectivity index (χ1v) is 5.75. The Labute approximate surface area is 91.1 Å². The Bertz CT molecular complexity index is 320. The van der Waals surface area contributed by atoms with Gasteiger partial charge in [-0.05, 0) is 24.9 Å². The van der Waals surface area contributed by atoms with Gasteiger partial charge in [-0.2, -0.15) is 0 Å². The smallest absolute Gasteiger partial charge is 0.128 e. The van der Waals surface area contributed by atoms with Gasteiger partial charge in [-0.25, -0.2) is 4.98 Å². The predicted octanol–water partition coefficient (Wildman–Crippen LogP) is 2.11. The molecule has 1 fully saturated rings. The van der Waals surface area contributed by atoms with Gasteiger partial charge in [0.25, 0.3) is 0 Å². The minimum atomic E-state index is 0.385. The van der Waals surface area contributed by atoms with E-state index in [1.54, 1.807) is 6.20 Å². The van der Waals surface area contributed by atoms with Crippen molar-refractivity contribution in [2.24, 2.45) is 5.92 Å². The third kappa shape index (κ3) is 2.69. The lowest BCUT2D eigenvalue weighted by atomic mass is 10.0. The van der Waals surface area contributed by atoms with E-state index in [9.17, 15) is 0 Å². The zero-order chi connectivity index (χ0) is 10.7. The van der Waals surface area contributed by atoms with E-state index in [1.165, 1.54) is 19.3 Å². The monoisotopic (exact) mass is 205 g/mol. The van der Waals surface area contributed by atoms with Crippen LogP contribution in [0.2, 0.25) is 0 Å². The topological polar surface area (TPSA) is 50.9 Å². The molecule has 0 saturated heterocycles. The SMILES string of the molecule is CCNC(CC1CC1)c1cccnc1N. The standard InChI is InChI=1S/C12H19N3/c1-2-14-11(8-9-5-6-9)10-4-3-7-15-12(10)13/h3-4,7,9,11,14H,2,5-6,8H2,1H3,(H2,13,15). The maximum Gasteiger partial charge on any atom is 0.128 e. The number of rotatable bonds is 5. The van der Waals surface area contributed by atoms with Crippen LogP contribution in [0.5, 0.6) is 0 Å². The van der Waals surface area contributed by atoms with Gasteiger partial charge in [-0.3, -0.25) is 0 Å². The van der Waals surface area contributed by atoms with Crippen LogP contribution in [-0.4, -0.2) is 11.5 Å². The van der Waals surface area contributed by atoms with Crippen molar-refractivity contribution >= 4 is 5.82 Å². The normalized spacial score (nSPS) is 17.7. The van der Waals surface area contributed by atoms with E-state index in [0.29, 0.717) is 11.9 Å². The van der Waals surface area contributed by atoms with Crippen LogP contribution in [0, 0.1) is 5.92 Å². The Morgan fingerprint density at radius 3 is 3.00 bits per heavy atom. The Hall–Kier alpha value is -1.09. The maximum absolute atomic E-state index is 5.90. The number of hydrogen-bond donors (Lipinski definition) is 2. The molecule has 0 amide bonds. The molecule has 3 nitrogen and oxygen atoms in total. The summed E-state index contributed by atoms with van der Waals surface area (Å²) in [4.78, 5) is 4.15. The highest BCUT2D eigenvalue weighted by atomic mass is 14.9. The molecule has 82 valence electrons. The van der Waals surface area contributed by atoms with Crippen molar-refractivity contribution in [1.82, 2.24) is 10.3 Å². The lowest BCUT2D eigenvalue weighted by Crippen LogP contribution is -2.22. The van der Waals surface area contributed by atoms with Gasteiger partial charge < -0.3 is 11.1 Å². The highest BCUT2D eigenvalue weighted by Gasteiger charge is 2.26. The van der Waals surface area contributed by atoms with Crippen LogP contribution < -0.4 is 11.1 Å². The van der Waals surface area contributed by atoms with Gasteiger partial charge in [-0.1, -0.05) is 25.8 Å². The van der Waals surface area contributed by atoms with Crippen LogP contribution in [0.4, 0.5) is 5.82 Å². The summed E-state index contributed by atoms with van der Waals surface area (Å²) in [5.41, 5.74) is 7.06. The number of pyridine rings is 1. The van der Waals surface area contributed by atoms with Gasteiger partial charge in [0.2, 0.25) is 0 Å². The van der Waals surface area contributed by atoms with Gasteiger partial charge in [0, 0.05) is 17.8 Å². The lowest BCUT2D eigenvalue weighted by Gasteiger charge is -2.19. The Balaban J connectivity index is 2.11. The summed E-state index contributed by atoms with van der Waals surface area (Å²) in [7, 11) is 0. The fourth-order valence-corrected chi connectivity index (χ4v) is 1.98. The molecule has 3 heteroatoms. The fourth-order valence-electron chi connectivity index (χ4n) is 1.98. The van der Waals surface area contributed by atoms with Crippen LogP contribution in [0.15, 0.2) is 18.3 Å². The zero-order valence-electron chi connectivity index (χ0n) is 9.24. The molecular weight excluding hydrogens is 186 g/mol. The van der Waals surface area contributed by atoms with E-state index in [0.717, 1.165) is 18.0 Å². The Morgan fingerprint density at radius 1 is 1.60 bits per heavy atom. The maximum atomic E-state index is 5.90. The van der Waals surface area contributed by atoms with Crippen molar-refractivity contribution < 1.29 is 0 Å². The second kappa shape index (κ2) is 4.62. The highest BCUT2D eigenvalue weighted by molar-refractivity contribution is 5.40. The molecule has 1 atom stereocenters. The molecule has 1 aliphatic carbocycles. The van der Waals surface area contributed by atoms with Crippen LogP contribution in [0.1, 0.15) is 37.8 Å². The van der Waals surface area contributed by atoms with Crippen LogP contribution in [0.25, 0.3) is 0 Å². The van der Waals surface area contributed by atoms with E-state index in [2.05, 4.69) is 23.3 Å². The second-order valence-corrected chi connectivity index (χ2v) is 4.27. The molecule has 1 heterocycles. The van der Waals surface area contributed by atoms with Crippen molar-refractivity contribution in [1.29, 1.82) is 0 Å². The molecule has 0 radical (unpaired) electrons. The number of hydrogen-bond acceptors (Lipinski definition) is 3. The van der Waals surface area contributed by atoms with Crippen LogP contribution >= 0.6 is 0 Å². The van der Waals surface area contributed by atoms with Crippen molar-refractivity contribution in [2.45, 2.75) is 32.2 Å². The van der Waals surface area contributed by atoms with Crippen molar-refractivity contribution in [2.75, 3.05) is 12.3 Å². The largest absolute Gasteiger partial charge is 0.383 e. The molecular formula is C12H19N3. The van der Waals surface area contributed by atoms with Gasteiger partial charge in [0.15, 0.2) is 0 Å². The summed E-state index contributed by atoms with van der Waals surface area (Å²) in [5, 5.41) is 3.49. The molecule has 1 aromatic heterocycles. The average Bonchev–Trinajstić information content (AvgIpc) is 3.02. The van der Waals surface area contributed by atoms with Gasteiger partial charge in [0.1, 0.15) is 5.82 Å². The lowest BCUT2D eigenvalue weighted by molar-refractivity contribution is 0.487. The summed E-state index contributed by atoms with van der Waals surface area (Å²) in [6.45, 7) is 3.11. The van der Waals surface area contributed by atoms with Crippen LogP contribution in [0.3, 0.4) is 0 Å². The van der Waals surface area contributed by atoms with Crippen LogP contribution in [-0.2, 0) is 0 Å². The molecule has 3 N–H and O–H groups in total. The zero-order valence-corrected chi connectivity index (χ0v) is 9.24. The first-order valence-electron chi connectivity index (χ1n) is 5.75. The molecule has 0 bridgehead atoms. The van der Waals surface area contributed by atoms with E-state index in [-0.39, 0.29) is 0 Å². The fraction of sp³-hybridized carbons (Fsp3) is 0.583. The molecule has 1 unspecified atom stereocenters. The quantitative estimate of drug-likeness (QED) is 0.774. The molecule has 1 saturated carbocycles.